The lowest BCUT2D eigenvalue weighted by Gasteiger charge is -2.13. The standard InChI is InChI=1S/C28H18F2N2O5/c29-18-2-4-19(5-3-18)32-15-17-8-11-35-26(17)25(28(32)34)22(33)14-16-1-6-23(20(30)13-16)37-24-7-10-31-21-9-12-36-27(21)24/h1-7,9-10,12-13,15H,8,11,14H2. The Kier molecular flexibility index (Phi) is 5.52. The summed E-state index contributed by atoms with van der Waals surface area (Å²) in [6.45, 7) is 0.334. The van der Waals surface area contributed by atoms with Gasteiger partial charge in [-0.3, -0.25) is 19.1 Å². The van der Waals surface area contributed by atoms with Gasteiger partial charge in [0.25, 0.3) is 5.56 Å². The number of ether oxygens (including phenoxy) is 2. The van der Waals surface area contributed by atoms with Gasteiger partial charge in [-0.2, -0.15) is 0 Å². The third-order valence-corrected chi connectivity index (χ3v) is 6.13. The highest BCUT2D eigenvalue weighted by molar-refractivity contribution is 6.00. The summed E-state index contributed by atoms with van der Waals surface area (Å²) in [7, 11) is 0. The zero-order valence-corrected chi connectivity index (χ0v) is 19.2. The Hall–Kier alpha value is -4.79. The Morgan fingerprint density at radius 3 is 2.70 bits per heavy atom. The summed E-state index contributed by atoms with van der Waals surface area (Å²) in [6.07, 6.45) is 4.89. The van der Waals surface area contributed by atoms with Gasteiger partial charge in [-0.05, 0) is 42.0 Å². The van der Waals surface area contributed by atoms with Crippen LogP contribution in [0.3, 0.4) is 0 Å². The van der Waals surface area contributed by atoms with Gasteiger partial charge in [0, 0.05) is 48.6 Å². The number of pyridine rings is 2. The molecule has 0 N–H and O–H groups in total. The monoisotopic (exact) mass is 500 g/mol. The van der Waals surface area contributed by atoms with Gasteiger partial charge in [-0.15, -0.1) is 0 Å². The van der Waals surface area contributed by atoms with Crippen LogP contribution in [0.5, 0.6) is 17.2 Å². The molecule has 0 saturated heterocycles. The summed E-state index contributed by atoms with van der Waals surface area (Å²) in [6, 6.07) is 12.8. The van der Waals surface area contributed by atoms with Gasteiger partial charge in [0.05, 0.1) is 12.9 Å². The van der Waals surface area contributed by atoms with Gasteiger partial charge in [0.1, 0.15) is 22.6 Å². The van der Waals surface area contributed by atoms with E-state index in [0.717, 1.165) is 0 Å². The summed E-state index contributed by atoms with van der Waals surface area (Å²) in [5.41, 5.74) is 1.74. The van der Waals surface area contributed by atoms with E-state index in [2.05, 4.69) is 4.98 Å². The van der Waals surface area contributed by atoms with Crippen LogP contribution in [0.25, 0.3) is 16.8 Å². The Bertz CT molecular complexity index is 1720. The minimum absolute atomic E-state index is 0.0531. The Morgan fingerprint density at radius 2 is 1.89 bits per heavy atom. The maximum absolute atomic E-state index is 14.9. The first-order chi connectivity index (χ1) is 18.0. The van der Waals surface area contributed by atoms with Crippen LogP contribution in [0.1, 0.15) is 21.5 Å². The lowest BCUT2D eigenvalue weighted by Crippen LogP contribution is -2.27. The highest BCUT2D eigenvalue weighted by Crippen LogP contribution is 2.32. The van der Waals surface area contributed by atoms with Crippen molar-refractivity contribution in [2.24, 2.45) is 0 Å². The topological polar surface area (TPSA) is 83.6 Å². The first kappa shape index (κ1) is 22.7. The van der Waals surface area contributed by atoms with E-state index >= 15 is 0 Å². The van der Waals surface area contributed by atoms with E-state index in [4.69, 9.17) is 13.9 Å². The molecule has 0 amide bonds. The molecule has 184 valence electrons. The summed E-state index contributed by atoms with van der Waals surface area (Å²) >= 11 is 0. The van der Waals surface area contributed by atoms with E-state index in [-0.39, 0.29) is 23.5 Å². The number of carbonyl (C=O) groups excluding carboxylic acids is 1. The molecule has 4 heterocycles. The Labute approximate surface area is 208 Å². The number of furan rings is 1. The van der Waals surface area contributed by atoms with Crippen molar-refractivity contribution in [3.05, 3.63) is 112 Å². The Morgan fingerprint density at radius 1 is 1.05 bits per heavy atom. The number of Topliss-reactive ketones (excluding diaryl/α,β-unsaturated/α-hetero) is 1. The predicted octanol–water partition coefficient (Wildman–Crippen LogP) is 5.41. The van der Waals surface area contributed by atoms with Crippen molar-refractivity contribution in [1.82, 2.24) is 9.55 Å². The molecule has 7 nitrogen and oxygen atoms in total. The highest BCUT2D eigenvalue weighted by atomic mass is 19.1. The number of hydrogen-bond acceptors (Lipinski definition) is 6. The van der Waals surface area contributed by atoms with E-state index in [1.54, 1.807) is 24.4 Å². The van der Waals surface area contributed by atoms with E-state index in [1.807, 2.05) is 0 Å². The van der Waals surface area contributed by atoms with Gasteiger partial charge in [-0.1, -0.05) is 6.07 Å². The molecular weight excluding hydrogens is 482 g/mol. The summed E-state index contributed by atoms with van der Waals surface area (Å²) in [5, 5.41) is 0. The highest BCUT2D eigenvalue weighted by Gasteiger charge is 2.27. The van der Waals surface area contributed by atoms with Crippen molar-refractivity contribution in [3.8, 4) is 22.9 Å². The minimum atomic E-state index is -0.680. The molecule has 0 fully saturated rings. The molecule has 5 aromatic rings. The number of hydrogen-bond donors (Lipinski definition) is 0. The van der Waals surface area contributed by atoms with Crippen molar-refractivity contribution >= 4 is 16.9 Å². The second-order valence-electron chi connectivity index (χ2n) is 8.52. The molecule has 0 bridgehead atoms. The van der Waals surface area contributed by atoms with Crippen LogP contribution in [0.4, 0.5) is 8.78 Å². The van der Waals surface area contributed by atoms with Gasteiger partial charge in [0.2, 0.25) is 0 Å². The molecule has 0 aliphatic carbocycles. The maximum atomic E-state index is 14.9. The smallest absolute Gasteiger partial charge is 0.269 e. The number of halogens is 2. The third-order valence-electron chi connectivity index (χ3n) is 6.13. The summed E-state index contributed by atoms with van der Waals surface area (Å²) in [4.78, 5) is 30.8. The number of carbonyl (C=O) groups is 1. The van der Waals surface area contributed by atoms with Gasteiger partial charge >= 0.3 is 0 Å². The average molecular weight is 500 g/mol. The number of benzene rings is 2. The second kappa shape index (κ2) is 9.02. The van der Waals surface area contributed by atoms with Crippen LogP contribution in [0, 0.1) is 11.6 Å². The molecule has 6 rings (SSSR count). The molecule has 0 radical (unpaired) electrons. The molecule has 1 aliphatic heterocycles. The van der Waals surface area contributed by atoms with Crippen LogP contribution in [-0.2, 0) is 12.8 Å². The lowest BCUT2D eigenvalue weighted by atomic mass is 10.0. The molecule has 1 aliphatic rings. The summed E-state index contributed by atoms with van der Waals surface area (Å²) < 4.78 is 46.3. The fraction of sp³-hybridized carbons (Fsp3) is 0.107. The zero-order chi connectivity index (χ0) is 25.5. The largest absolute Gasteiger partial charge is 0.492 e. The quantitative estimate of drug-likeness (QED) is 0.290. The van der Waals surface area contributed by atoms with Crippen LogP contribution in [0.15, 0.2) is 82.5 Å². The number of ketones is 1. The van der Waals surface area contributed by atoms with E-state index in [0.29, 0.717) is 46.7 Å². The van der Waals surface area contributed by atoms with E-state index in [1.165, 1.54) is 53.4 Å². The number of fused-ring (bicyclic) bond motifs is 2. The van der Waals surface area contributed by atoms with Crippen LogP contribution in [0.2, 0.25) is 0 Å². The molecule has 0 atom stereocenters. The lowest BCUT2D eigenvalue weighted by molar-refractivity contribution is 0.0988. The minimum Gasteiger partial charge on any atom is -0.492 e. The number of nitrogens with zero attached hydrogens (tertiary/aromatic N) is 2. The third kappa shape index (κ3) is 4.14. The summed E-state index contributed by atoms with van der Waals surface area (Å²) in [5.74, 6) is -1.14. The normalized spacial score (nSPS) is 12.4. The first-order valence-corrected chi connectivity index (χ1v) is 11.5. The van der Waals surface area contributed by atoms with Gasteiger partial charge in [-0.25, -0.2) is 8.78 Å². The molecule has 2 aromatic carbocycles. The SMILES string of the molecule is O=C(Cc1ccc(Oc2ccnc3ccoc23)c(F)c1)c1c2c(cn(-c3ccc(F)cc3)c1=O)CCO2. The fourth-order valence-corrected chi connectivity index (χ4v) is 4.36. The van der Waals surface area contributed by atoms with Gasteiger partial charge < -0.3 is 13.9 Å². The fourth-order valence-electron chi connectivity index (χ4n) is 4.36. The molecule has 0 spiro atoms. The van der Waals surface area contributed by atoms with E-state index < -0.39 is 23.0 Å². The Balaban J connectivity index is 1.30. The molecule has 0 unspecified atom stereocenters. The second-order valence-corrected chi connectivity index (χ2v) is 8.52. The van der Waals surface area contributed by atoms with Crippen molar-refractivity contribution < 1.29 is 27.5 Å². The van der Waals surface area contributed by atoms with E-state index in [9.17, 15) is 18.4 Å². The molecule has 9 heteroatoms. The van der Waals surface area contributed by atoms with Crippen molar-refractivity contribution in [2.75, 3.05) is 6.61 Å². The van der Waals surface area contributed by atoms with Crippen molar-refractivity contribution in [2.45, 2.75) is 12.8 Å². The van der Waals surface area contributed by atoms with Crippen molar-refractivity contribution in [1.29, 1.82) is 0 Å². The first-order valence-electron chi connectivity index (χ1n) is 11.5. The van der Waals surface area contributed by atoms with Crippen molar-refractivity contribution in [3.63, 3.8) is 0 Å². The average Bonchev–Trinajstić information content (AvgIpc) is 3.56. The van der Waals surface area contributed by atoms with Crippen LogP contribution in [-0.4, -0.2) is 21.9 Å². The van der Waals surface area contributed by atoms with Crippen LogP contribution < -0.4 is 15.0 Å². The predicted molar refractivity (Wildman–Crippen MR) is 130 cm³/mol. The molecule has 3 aromatic heterocycles. The molecular formula is C28H18F2N2O5. The molecule has 0 saturated carbocycles. The van der Waals surface area contributed by atoms with Gasteiger partial charge in [0.15, 0.2) is 28.7 Å². The maximum Gasteiger partial charge on any atom is 0.269 e. The number of aromatic nitrogens is 2. The molecule has 37 heavy (non-hydrogen) atoms. The van der Waals surface area contributed by atoms with Crippen LogP contribution >= 0.6 is 0 Å². The number of rotatable bonds is 6. The zero-order valence-electron chi connectivity index (χ0n) is 19.2.